The molecule has 0 bridgehead atoms. The number of urea groups is 1. The van der Waals surface area contributed by atoms with E-state index in [-0.39, 0.29) is 0 Å². The van der Waals surface area contributed by atoms with E-state index < -0.39 is 24.0 Å². The van der Waals surface area contributed by atoms with E-state index in [1.54, 1.807) is 61.5 Å². The summed E-state index contributed by atoms with van der Waals surface area (Å²) in [5, 5.41) is 5.31. The lowest BCUT2D eigenvalue weighted by Gasteiger charge is -2.14. The van der Waals surface area contributed by atoms with Crippen LogP contribution in [0.4, 0.5) is 10.5 Å². The molecule has 0 radical (unpaired) electrons. The van der Waals surface area contributed by atoms with Gasteiger partial charge in [-0.05, 0) is 38.1 Å². The number of rotatable bonds is 4. The Kier molecular flexibility index (Phi) is 5.64. The number of aromatic nitrogens is 1. The third-order valence-electron chi connectivity index (χ3n) is 3.99. The molecule has 2 N–H and O–H groups in total. The Hall–Kier alpha value is -3.74. The Morgan fingerprint density at radius 3 is 2.43 bits per heavy atom. The first-order chi connectivity index (χ1) is 13.4. The van der Waals surface area contributed by atoms with Crippen molar-refractivity contribution in [3.63, 3.8) is 0 Å². The van der Waals surface area contributed by atoms with Crippen LogP contribution in [-0.4, -0.2) is 29.0 Å². The molecule has 2 aromatic carbocycles. The van der Waals surface area contributed by atoms with Gasteiger partial charge >= 0.3 is 12.0 Å². The maximum Gasteiger partial charge on any atom is 0.339 e. The molecule has 142 valence electrons. The minimum Gasteiger partial charge on any atom is -0.449 e. The standard InChI is InChI=1S/C21H19N3O4/c1-13-12-17(16-10-6-7-11-18(16)22-13)20(26)28-14(2)19(25)24-21(27)23-15-8-4-3-5-9-15/h3-12,14H,1-2H3,(H2,23,24,25,27). The van der Waals surface area contributed by atoms with Crippen molar-refractivity contribution in [2.24, 2.45) is 0 Å². The van der Waals surface area contributed by atoms with Gasteiger partial charge in [-0.1, -0.05) is 36.4 Å². The molecular formula is C21H19N3O4. The van der Waals surface area contributed by atoms with Crippen LogP contribution in [0.15, 0.2) is 60.7 Å². The van der Waals surface area contributed by atoms with E-state index in [1.807, 2.05) is 6.07 Å². The predicted octanol–water partition coefficient (Wildman–Crippen LogP) is 3.44. The number of imide groups is 1. The van der Waals surface area contributed by atoms with E-state index in [0.717, 1.165) is 0 Å². The summed E-state index contributed by atoms with van der Waals surface area (Å²) < 4.78 is 5.25. The Bertz CT molecular complexity index is 1030. The molecule has 3 amide bonds. The van der Waals surface area contributed by atoms with Crippen LogP contribution in [0.2, 0.25) is 0 Å². The van der Waals surface area contributed by atoms with E-state index in [2.05, 4.69) is 15.6 Å². The van der Waals surface area contributed by atoms with Crippen molar-refractivity contribution in [1.82, 2.24) is 10.3 Å². The van der Waals surface area contributed by atoms with Gasteiger partial charge in [0.05, 0.1) is 11.1 Å². The Labute approximate surface area is 161 Å². The fourth-order valence-electron chi connectivity index (χ4n) is 2.65. The van der Waals surface area contributed by atoms with Crippen LogP contribution in [0.5, 0.6) is 0 Å². The zero-order valence-electron chi connectivity index (χ0n) is 15.4. The number of hydrogen-bond acceptors (Lipinski definition) is 5. The highest BCUT2D eigenvalue weighted by atomic mass is 16.5. The SMILES string of the molecule is Cc1cc(C(=O)OC(C)C(=O)NC(=O)Nc2ccccc2)c2ccccc2n1. The van der Waals surface area contributed by atoms with Gasteiger partial charge in [-0.3, -0.25) is 15.1 Å². The lowest BCUT2D eigenvalue weighted by atomic mass is 10.1. The maximum absolute atomic E-state index is 12.6. The number of para-hydroxylation sites is 2. The van der Waals surface area contributed by atoms with Gasteiger partial charge in [0.15, 0.2) is 6.10 Å². The number of carbonyl (C=O) groups is 3. The molecule has 7 nitrogen and oxygen atoms in total. The highest BCUT2D eigenvalue weighted by Crippen LogP contribution is 2.19. The minimum atomic E-state index is -1.15. The van der Waals surface area contributed by atoms with Crippen molar-refractivity contribution < 1.29 is 19.1 Å². The molecule has 1 unspecified atom stereocenters. The van der Waals surface area contributed by atoms with Crippen LogP contribution in [-0.2, 0) is 9.53 Å². The maximum atomic E-state index is 12.6. The lowest BCUT2D eigenvalue weighted by Crippen LogP contribution is -2.41. The molecule has 0 fully saturated rings. The molecule has 7 heteroatoms. The molecule has 0 spiro atoms. The zero-order valence-corrected chi connectivity index (χ0v) is 15.4. The number of nitrogens with one attached hydrogen (secondary N) is 2. The summed E-state index contributed by atoms with van der Waals surface area (Å²) in [7, 11) is 0. The molecule has 1 aromatic heterocycles. The number of esters is 1. The molecule has 1 heterocycles. The molecule has 3 aromatic rings. The Morgan fingerprint density at radius 2 is 1.68 bits per heavy atom. The minimum absolute atomic E-state index is 0.316. The Balaban J connectivity index is 1.65. The molecule has 28 heavy (non-hydrogen) atoms. The van der Waals surface area contributed by atoms with Crippen molar-refractivity contribution in [2.45, 2.75) is 20.0 Å². The zero-order chi connectivity index (χ0) is 20.1. The average molecular weight is 377 g/mol. The Morgan fingerprint density at radius 1 is 1.00 bits per heavy atom. The first kappa shape index (κ1) is 19.0. The molecule has 0 aliphatic heterocycles. The number of fused-ring (bicyclic) bond motifs is 1. The number of hydrogen-bond donors (Lipinski definition) is 2. The van der Waals surface area contributed by atoms with Crippen LogP contribution in [0, 0.1) is 6.92 Å². The second-order valence-electron chi connectivity index (χ2n) is 6.19. The van der Waals surface area contributed by atoms with Crippen molar-refractivity contribution >= 4 is 34.5 Å². The van der Waals surface area contributed by atoms with Gasteiger partial charge in [0, 0.05) is 16.8 Å². The predicted molar refractivity (Wildman–Crippen MR) is 105 cm³/mol. The third kappa shape index (κ3) is 4.50. The fourth-order valence-corrected chi connectivity index (χ4v) is 2.65. The van der Waals surface area contributed by atoms with Crippen molar-refractivity contribution in [3.8, 4) is 0 Å². The number of benzene rings is 2. The lowest BCUT2D eigenvalue weighted by molar-refractivity contribution is -0.127. The van der Waals surface area contributed by atoms with E-state index >= 15 is 0 Å². The largest absolute Gasteiger partial charge is 0.449 e. The third-order valence-corrected chi connectivity index (χ3v) is 3.99. The summed E-state index contributed by atoms with van der Waals surface area (Å²) in [6.45, 7) is 3.17. The molecular weight excluding hydrogens is 358 g/mol. The van der Waals surface area contributed by atoms with Crippen LogP contribution in [0.3, 0.4) is 0 Å². The summed E-state index contributed by atoms with van der Waals surface area (Å²) in [4.78, 5) is 41.0. The van der Waals surface area contributed by atoms with Gasteiger partial charge in [-0.2, -0.15) is 0 Å². The number of carbonyl (C=O) groups excluding carboxylic acids is 3. The number of ether oxygens (including phenoxy) is 1. The molecule has 0 saturated carbocycles. The first-order valence-corrected chi connectivity index (χ1v) is 8.68. The first-order valence-electron chi connectivity index (χ1n) is 8.68. The van der Waals surface area contributed by atoms with Gasteiger partial charge in [0.1, 0.15) is 0 Å². The fraction of sp³-hybridized carbons (Fsp3) is 0.143. The van der Waals surface area contributed by atoms with Crippen LogP contribution in [0.1, 0.15) is 23.0 Å². The molecule has 1 atom stereocenters. The van der Waals surface area contributed by atoms with Crippen LogP contribution in [0.25, 0.3) is 10.9 Å². The molecule has 3 rings (SSSR count). The summed E-state index contributed by atoms with van der Waals surface area (Å²) in [6.07, 6.45) is -1.15. The van der Waals surface area contributed by atoms with Crippen molar-refractivity contribution in [2.75, 3.05) is 5.32 Å². The number of amides is 3. The van der Waals surface area contributed by atoms with E-state index in [1.165, 1.54) is 6.92 Å². The molecule has 0 aliphatic rings. The van der Waals surface area contributed by atoms with E-state index in [9.17, 15) is 14.4 Å². The van der Waals surface area contributed by atoms with Gasteiger partial charge in [0.2, 0.25) is 0 Å². The van der Waals surface area contributed by atoms with Crippen LogP contribution >= 0.6 is 0 Å². The van der Waals surface area contributed by atoms with Gasteiger partial charge < -0.3 is 10.1 Å². The monoisotopic (exact) mass is 377 g/mol. The van der Waals surface area contributed by atoms with Crippen LogP contribution < -0.4 is 10.6 Å². The number of aryl methyl sites for hydroxylation is 1. The van der Waals surface area contributed by atoms with Crippen molar-refractivity contribution in [1.29, 1.82) is 0 Å². The smallest absolute Gasteiger partial charge is 0.339 e. The van der Waals surface area contributed by atoms with Gasteiger partial charge in [0.25, 0.3) is 5.91 Å². The topological polar surface area (TPSA) is 97.4 Å². The quantitative estimate of drug-likeness (QED) is 0.679. The van der Waals surface area contributed by atoms with E-state index in [4.69, 9.17) is 4.74 Å². The number of anilines is 1. The van der Waals surface area contributed by atoms with Gasteiger partial charge in [-0.25, -0.2) is 9.59 Å². The molecule has 0 aliphatic carbocycles. The van der Waals surface area contributed by atoms with E-state index in [0.29, 0.717) is 27.8 Å². The summed E-state index contributed by atoms with van der Waals surface area (Å²) in [6, 6.07) is 16.8. The summed E-state index contributed by atoms with van der Waals surface area (Å²) in [5.74, 6) is -1.38. The second-order valence-corrected chi connectivity index (χ2v) is 6.19. The number of nitrogens with zero attached hydrogens (tertiary/aromatic N) is 1. The summed E-state index contributed by atoms with van der Waals surface area (Å²) >= 11 is 0. The summed E-state index contributed by atoms with van der Waals surface area (Å²) in [5.41, 5.74) is 2.17. The molecule has 0 saturated heterocycles. The van der Waals surface area contributed by atoms with Crippen molar-refractivity contribution in [3.05, 3.63) is 71.9 Å². The number of pyridine rings is 1. The highest BCUT2D eigenvalue weighted by Gasteiger charge is 2.22. The highest BCUT2D eigenvalue weighted by molar-refractivity contribution is 6.06. The van der Waals surface area contributed by atoms with Gasteiger partial charge in [-0.15, -0.1) is 0 Å². The normalized spacial score (nSPS) is 11.5. The second kappa shape index (κ2) is 8.30. The average Bonchev–Trinajstić information content (AvgIpc) is 2.67.